The zero-order valence-corrected chi connectivity index (χ0v) is 18.3. The third kappa shape index (κ3) is 5.54. The van der Waals surface area contributed by atoms with E-state index in [4.69, 9.17) is 9.47 Å². The summed E-state index contributed by atoms with van der Waals surface area (Å²) in [4.78, 5) is 13.7. The zero-order valence-electron chi connectivity index (χ0n) is 18.3. The van der Waals surface area contributed by atoms with E-state index < -0.39 is 0 Å². The van der Waals surface area contributed by atoms with Gasteiger partial charge < -0.3 is 29.9 Å². The highest BCUT2D eigenvalue weighted by Gasteiger charge is 2.18. The van der Waals surface area contributed by atoms with E-state index in [1.807, 2.05) is 30.5 Å². The van der Waals surface area contributed by atoms with Crippen LogP contribution < -0.4 is 25.0 Å². The summed E-state index contributed by atoms with van der Waals surface area (Å²) in [7, 11) is 7.21. The van der Waals surface area contributed by atoms with Crippen LogP contribution in [-0.4, -0.2) is 70.3 Å². The molecule has 0 saturated carbocycles. The largest absolute Gasteiger partial charge is 0.493 e. The lowest BCUT2D eigenvalue weighted by atomic mass is 10.2. The third-order valence-electron chi connectivity index (χ3n) is 5.25. The van der Waals surface area contributed by atoms with Crippen molar-refractivity contribution in [3.8, 4) is 11.5 Å². The number of nitrogens with one attached hydrogen (secondary N) is 2. The van der Waals surface area contributed by atoms with Crippen molar-refractivity contribution in [3.63, 3.8) is 0 Å². The number of aliphatic imine (C=N–C) groups is 1. The normalized spacial score (nSPS) is 15.1. The smallest absolute Gasteiger partial charge is 0.191 e. The molecule has 0 spiro atoms. The van der Waals surface area contributed by atoms with Crippen molar-refractivity contribution in [3.05, 3.63) is 47.7 Å². The second-order valence-corrected chi connectivity index (χ2v) is 7.25. The number of hydrogen-bond donors (Lipinski definition) is 2. The van der Waals surface area contributed by atoms with Gasteiger partial charge in [-0.3, -0.25) is 4.99 Å². The second kappa shape index (κ2) is 10.7. The van der Waals surface area contributed by atoms with Gasteiger partial charge in [-0.25, -0.2) is 4.98 Å². The number of likely N-dealkylation sites (N-methyl/N-ethyl adjacent to an activating group) is 1. The van der Waals surface area contributed by atoms with Gasteiger partial charge in [0.2, 0.25) is 0 Å². The summed E-state index contributed by atoms with van der Waals surface area (Å²) in [5, 5.41) is 6.75. The predicted octanol–water partition coefficient (Wildman–Crippen LogP) is 1.72. The van der Waals surface area contributed by atoms with E-state index in [-0.39, 0.29) is 0 Å². The molecule has 3 rings (SSSR count). The van der Waals surface area contributed by atoms with Crippen molar-refractivity contribution in [2.24, 2.45) is 4.99 Å². The lowest BCUT2D eigenvalue weighted by Gasteiger charge is -2.34. The molecule has 8 heteroatoms. The highest BCUT2D eigenvalue weighted by atomic mass is 16.5. The maximum atomic E-state index is 5.38. The van der Waals surface area contributed by atoms with Crippen molar-refractivity contribution >= 4 is 11.8 Å². The molecule has 1 fully saturated rings. The summed E-state index contributed by atoms with van der Waals surface area (Å²) in [5.41, 5.74) is 2.24. The Labute approximate surface area is 178 Å². The first-order valence-electron chi connectivity index (χ1n) is 10.2. The number of piperazine rings is 1. The molecule has 1 aliphatic rings. The number of benzene rings is 1. The number of hydrogen-bond acceptors (Lipinski definition) is 6. The third-order valence-corrected chi connectivity index (χ3v) is 5.25. The van der Waals surface area contributed by atoms with E-state index >= 15 is 0 Å². The SMILES string of the molecule is CN=C(NCc1ccc(OC)c(OC)c1)NCc1cccnc1N1CCN(C)CC1. The highest BCUT2D eigenvalue weighted by Crippen LogP contribution is 2.27. The molecule has 0 aliphatic carbocycles. The minimum atomic E-state index is 0.623. The average molecular weight is 413 g/mol. The standard InChI is InChI=1S/C22H32N6O2/c1-23-22(25-15-17-7-8-19(29-3)20(14-17)30-4)26-16-18-6-5-9-24-21(18)28-12-10-27(2)11-13-28/h5-9,14H,10-13,15-16H2,1-4H3,(H2,23,25,26). The van der Waals surface area contributed by atoms with Crippen LogP contribution in [0.25, 0.3) is 0 Å². The van der Waals surface area contributed by atoms with Gasteiger partial charge in [0.25, 0.3) is 0 Å². The van der Waals surface area contributed by atoms with Crippen LogP contribution in [0.2, 0.25) is 0 Å². The van der Waals surface area contributed by atoms with Crippen molar-refractivity contribution in [1.29, 1.82) is 0 Å². The number of aromatic nitrogens is 1. The molecule has 1 aromatic carbocycles. The Bertz CT molecular complexity index is 849. The first-order valence-corrected chi connectivity index (χ1v) is 10.2. The van der Waals surface area contributed by atoms with Crippen LogP contribution in [0.3, 0.4) is 0 Å². The fourth-order valence-electron chi connectivity index (χ4n) is 3.45. The average Bonchev–Trinajstić information content (AvgIpc) is 2.79. The van der Waals surface area contributed by atoms with Gasteiger partial charge in [0.05, 0.1) is 14.2 Å². The Morgan fingerprint density at radius 2 is 1.77 bits per heavy atom. The van der Waals surface area contributed by atoms with Crippen molar-refractivity contribution < 1.29 is 9.47 Å². The fourth-order valence-corrected chi connectivity index (χ4v) is 3.45. The number of rotatable bonds is 7. The van der Waals surface area contributed by atoms with Gasteiger partial charge in [0.1, 0.15) is 5.82 Å². The Morgan fingerprint density at radius 1 is 1.03 bits per heavy atom. The minimum absolute atomic E-state index is 0.623. The molecule has 1 aromatic heterocycles. The molecular formula is C22H32N6O2. The van der Waals surface area contributed by atoms with Crippen LogP contribution in [-0.2, 0) is 13.1 Å². The van der Waals surface area contributed by atoms with Crippen LogP contribution in [0, 0.1) is 0 Å². The van der Waals surface area contributed by atoms with Gasteiger partial charge in [-0.2, -0.15) is 0 Å². The highest BCUT2D eigenvalue weighted by molar-refractivity contribution is 5.79. The van der Waals surface area contributed by atoms with Gasteiger partial charge in [-0.15, -0.1) is 0 Å². The van der Waals surface area contributed by atoms with Crippen LogP contribution >= 0.6 is 0 Å². The topological polar surface area (TPSA) is 74.2 Å². The molecule has 0 amide bonds. The quantitative estimate of drug-likeness (QED) is 0.530. The maximum Gasteiger partial charge on any atom is 0.191 e. The monoisotopic (exact) mass is 412 g/mol. The number of anilines is 1. The van der Waals surface area contributed by atoms with Crippen LogP contribution in [0.15, 0.2) is 41.5 Å². The first kappa shape index (κ1) is 21.7. The van der Waals surface area contributed by atoms with Gasteiger partial charge in [-0.05, 0) is 30.8 Å². The van der Waals surface area contributed by atoms with Crippen molar-refractivity contribution in [2.45, 2.75) is 13.1 Å². The molecule has 2 heterocycles. The number of methoxy groups -OCH3 is 2. The molecule has 162 valence electrons. The summed E-state index contributed by atoms with van der Waals surface area (Å²) < 4.78 is 10.7. The van der Waals surface area contributed by atoms with E-state index in [9.17, 15) is 0 Å². The van der Waals surface area contributed by atoms with Gasteiger partial charge in [0, 0.05) is 58.1 Å². The Hall–Kier alpha value is -3.00. The Kier molecular flexibility index (Phi) is 7.73. The summed E-state index contributed by atoms with van der Waals surface area (Å²) >= 11 is 0. The van der Waals surface area contributed by atoms with Crippen molar-refractivity contribution in [1.82, 2.24) is 20.5 Å². The van der Waals surface area contributed by atoms with Gasteiger partial charge in [0.15, 0.2) is 17.5 Å². The first-order chi connectivity index (χ1) is 14.6. The molecular weight excluding hydrogens is 380 g/mol. The zero-order chi connectivity index (χ0) is 21.3. The number of pyridine rings is 1. The van der Waals surface area contributed by atoms with E-state index in [2.05, 4.69) is 43.5 Å². The number of ether oxygens (including phenoxy) is 2. The fraction of sp³-hybridized carbons (Fsp3) is 0.455. The lowest BCUT2D eigenvalue weighted by molar-refractivity contribution is 0.312. The van der Waals surface area contributed by atoms with Gasteiger partial charge in [-0.1, -0.05) is 12.1 Å². The van der Waals surface area contributed by atoms with E-state index in [1.165, 1.54) is 0 Å². The lowest BCUT2D eigenvalue weighted by Crippen LogP contribution is -2.45. The molecule has 0 radical (unpaired) electrons. The summed E-state index contributed by atoms with van der Waals surface area (Å²) in [6, 6.07) is 9.98. The molecule has 2 aromatic rings. The van der Waals surface area contributed by atoms with E-state index in [0.717, 1.165) is 54.8 Å². The molecule has 1 saturated heterocycles. The van der Waals surface area contributed by atoms with Crippen LogP contribution in [0.1, 0.15) is 11.1 Å². The number of guanidine groups is 1. The van der Waals surface area contributed by atoms with E-state index in [1.54, 1.807) is 21.3 Å². The van der Waals surface area contributed by atoms with E-state index in [0.29, 0.717) is 18.8 Å². The minimum Gasteiger partial charge on any atom is -0.493 e. The summed E-state index contributed by atoms with van der Waals surface area (Å²) in [6.45, 7) is 5.37. The molecule has 0 atom stereocenters. The summed E-state index contributed by atoms with van der Waals surface area (Å²) in [6.07, 6.45) is 1.86. The molecule has 8 nitrogen and oxygen atoms in total. The molecule has 2 N–H and O–H groups in total. The predicted molar refractivity (Wildman–Crippen MR) is 121 cm³/mol. The molecule has 30 heavy (non-hydrogen) atoms. The van der Waals surface area contributed by atoms with Crippen molar-refractivity contribution in [2.75, 3.05) is 59.4 Å². The molecule has 0 bridgehead atoms. The van der Waals surface area contributed by atoms with Crippen LogP contribution in [0.4, 0.5) is 5.82 Å². The van der Waals surface area contributed by atoms with Gasteiger partial charge >= 0.3 is 0 Å². The molecule has 1 aliphatic heterocycles. The molecule has 0 unspecified atom stereocenters. The Morgan fingerprint density at radius 3 is 2.47 bits per heavy atom. The summed E-state index contributed by atoms with van der Waals surface area (Å²) in [5.74, 6) is 3.22. The van der Waals surface area contributed by atoms with Crippen LogP contribution in [0.5, 0.6) is 11.5 Å². The number of nitrogens with zero attached hydrogens (tertiary/aromatic N) is 4. The Balaban J connectivity index is 1.59. The second-order valence-electron chi connectivity index (χ2n) is 7.25. The maximum absolute atomic E-state index is 5.38.